The minimum atomic E-state index is 0.185. The Bertz CT molecular complexity index is 143. The zero-order valence-corrected chi connectivity index (χ0v) is 8.92. The van der Waals surface area contributed by atoms with E-state index in [1.165, 1.54) is 0 Å². The van der Waals surface area contributed by atoms with E-state index < -0.39 is 0 Å². The molecule has 2 heteroatoms. The number of rotatable bonds is 4. The van der Waals surface area contributed by atoms with Crippen LogP contribution >= 0.6 is 0 Å². The maximum Gasteiger partial charge on any atom is 0.219 e. The van der Waals surface area contributed by atoms with Crippen LogP contribution in [0.25, 0.3) is 0 Å². The van der Waals surface area contributed by atoms with Gasteiger partial charge in [-0.3, -0.25) is 4.79 Å². The number of nitrogens with zero attached hydrogens (tertiary/aromatic N) is 1. The number of carbonyl (C=O) groups is 1. The van der Waals surface area contributed by atoms with Crippen LogP contribution in [0.15, 0.2) is 0 Å². The minimum absolute atomic E-state index is 0.185. The van der Waals surface area contributed by atoms with Crippen molar-refractivity contribution in [3.8, 4) is 0 Å². The van der Waals surface area contributed by atoms with Gasteiger partial charge in [-0.2, -0.15) is 0 Å². The summed E-state index contributed by atoms with van der Waals surface area (Å²) in [4.78, 5) is 13.0. The minimum Gasteiger partial charge on any atom is -0.343 e. The van der Waals surface area contributed by atoms with Crippen LogP contribution in [0.5, 0.6) is 0 Å². The standard InChI is InChI=1S/C10H21NO/c1-6-11(10(5)12)7-9(4)8(2)3/h8-9H,6-7H2,1-5H3. The van der Waals surface area contributed by atoms with Gasteiger partial charge in [-0.15, -0.1) is 0 Å². The summed E-state index contributed by atoms with van der Waals surface area (Å²) in [5.41, 5.74) is 0. The van der Waals surface area contributed by atoms with Gasteiger partial charge in [0.05, 0.1) is 0 Å². The van der Waals surface area contributed by atoms with E-state index in [2.05, 4.69) is 20.8 Å². The molecule has 0 aliphatic rings. The maximum atomic E-state index is 11.1. The van der Waals surface area contributed by atoms with Crippen molar-refractivity contribution in [3.63, 3.8) is 0 Å². The Morgan fingerprint density at radius 1 is 1.33 bits per heavy atom. The zero-order valence-electron chi connectivity index (χ0n) is 8.92. The summed E-state index contributed by atoms with van der Waals surface area (Å²) in [6.45, 7) is 12.0. The normalized spacial score (nSPS) is 13.2. The first-order valence-electron chi connectivity index (χ1n) is 4.74. The number of hydrogen-bond acceptors (Lipinski definition) is 1. The van der Waals surface area contributed by atoms with E-state index in [1.54, 1.807) is 6.92 Å². The SMILES string of the molecule is CCN(CC(C)C(C)C)C(C)=O. The van der Waals surface area contributed by atoms with Crippen molar-refractivity contribution in [1.29, 1.82) is 0 Å². The maximum absolute atomic E-state index is 11.1. The molecule has 0 aromatic heterocycles. The summed E-state index contributed by atoms with van der Waals surface area (Å²) < 4.78 is 0. The first kappa shape index (κ1) is 11.5. The molecule has 0 saturated heterocycles. The summed E-state index contributed by atoms with van der Waals surface area (Å²) in [5.74, 6) is 1.43. The molecule has 0 heterocycles. The van der Waals surface area contributed by atoms with Crippen LogP contribution in [0.3, 0.4) is 0 Å². The molecule has 0 rings (SSSR count). The fourth-order valence-electron chi connectivity index (χ4n) is 1.04. The third-order valence-electron chi connectivity index (χ3n) is 2.47. The highest BCUT2D eigenvalue weighted by Crippen LogP contribution is 2.11. The van der Waals surface area contributed by atoms with Crippen LogP contribution in [-0.2, 0) is 4.79 Å². The molecular formula is C10H21NO. The van der Waals surface area contributed by atoms with Crippen molar-refractivity contribution >= 4 is 5.91 Å². The summed E-state index contributed by atoms with van der Waals surface area (Å²) in [5, 5.41) is 0. The second-order valence-corrected chi connectivity index (χ2v) is 3.78. The molecular weight excluding hydrogens is 150 g/mol. The third kappa shape index (κ3) is 3.74. The first-order valence-corrected chi connectivity index (χ1v) is 4.74. The zero-order chi connectivity index (χ0) is 9.72. The lowest BCUT2D eigenvalue weighted by Gasteiger charge is -2.25. The van der Waals surface area contributed by atoms with Gasteiger partial charge in [0.15, 0.2) is 0 Å². The lowest BCUT2D eigenvalue weighted by atomic mass is 9.97. The van der Waals surface area contributed by atoms with Crippen molar-refractivity contribution < 1.29 is 4.79 Å². The van der Waals surface area contributed by atoms with E-state index in [0.29, 0.717) is 11.8 Å². The number of carbonyl (C=O) groups excluding carboxylic acids is 1. The molecule has 0 bridgehead atoms. The van der Waals surface area contributed by atoms with Crippen molar-refractivity contribution in [2.24, 2.45) is 11.8 Å². The van der Waals surface area contributed by atoms with E-state index >= 15 is 0 Å². The topological polar surface area (TPSA) is 20.3 Å². The van der Waals surface area contributed by atoms with Gasteiger partial charge in [0.25, 0.3) is 0 Å². The third-order valence-corrected chi connectivity index (χ3v) is 2.47. The highest BCUT2D eigenvalue weighted by atomic mass is 16.2. The largest absolute Gasteiger partial charge is 0.343 e. The monoisotopic (exact) mass is 171 g/mol. The Labute approximate surface area is 75.9 Å². The Morgan fingerprint density at radius 2 is 1.83 bits per heavy atom. The quantitative estimate of drug-likeness (QED) is 0.634. The van der Waals surface area contributed by atoms with Crippen molar-refractivity contribution in [2.45, 2.75) is 34.6 Å². The molecule has 1 atom stereocenters. The second kappa shape index (κ2) is 5.18. The Morgan fingerprint density at radius 3 is 2.08 bits per heavy atom. The van der Waals surface area contributed by atoms with Gasteiger partial charge in [0, 0.05) is 20.0 Å². The van der Waals surface area contributed by atoms with Crippen molar-refractivity contribution in [3.05, 3.63) is 0 Å². The molecule has 72 valence electrons. The molecule has 0 saturated carbocycles. The lowest BCUT2D eigenvalue weighted by Crippen LogP contribution is -2.34. The van der Waals surface area contributed by atoms with Crippen molar-refractivity contribution in [2.75, 3.05) is 13.1 Å². The van der Waals surface area contributed by atoms with E-state index in [9.17, 15) is 4.79 Å². The highest BCUT2D eigenvalue weighted by molar-refractivity contribution is 5.73. The van der Waals surface area contributed by atoms with E-state index in [1.807, 2.05) is 11.8 Å². The van der Waals surface area contributed by atoms with Crippen LogP contribution in [0.2, 0.25) is 0 Å². The fourth-order valence-corrected chi connectivity index (χ4v) is 1.04. The average Bonchev–Trinajstić information content (AvgIpc) is 1.98. The average molecular weight is 171 g/mol. The molecule has 0 aliphatic heterocycles. The molecule has 2 nitrogen and oxygen atoms in total. The van der Waals surface area contributed by atoms with Crippen LogP contribution in [-0.4, -0.2) is 23.9 Å². The smallest absolute Gasteiger partial charge is 0.219 e. The Balaban J connectivity index is 3.94. The van der Waals surface area contributed by atoms with Gasteiger partial charge >= 0.3 is 0 Å². The van der Waals surface area contributed by atoms with Gasteiger partial charge in [0.1, 0.15) is 0 Å². The Kier molecular flexibility index (Phi) is 4.95. The molecule has 0 aliphatic carbocycles. The van der Waals surface area contributed by atoms with E-state index in [-0.39, 0.29) is 5.91 Å². The van der Waals surface area contributed by atoms with Crippen LogP contribution in [0, 0.1) is 11.8 Å². The Hall–Kier alpha value is -0.530. The molecule has 0 aromatic rings. The lowest BCUT2D eigenvalue weighted by molar-refractivity contribution is -0.129. The van der Waals surface area contributed by atoms with Crippen LogP contribution < -0.4 is 0 Å². The van der Waals surface area contributed by atoms with E-state index in [4.69, 9.17) is 0 Å². The predicted octanol–water partition coefficient (Wildman–Crippen LogP) is 2.15. The summed E-state index contributed by atoms with van der Waals surface area (Å²) >= 11 is 0. The van der Waals surface area contributed by atoms with E-state index in [0.717, 1.165) is 13.1 Å². The second-order valence-electron chi connectivity index (χ2n) is 3.78. The van der Waals surface area contributed by atoms with Gasteiger partial charge < -0.3 is 4.90 Å². The summed E-state index contributed by atoms with van der Waals surface area (Å²) in [7, 11) is 0. The van der Waals surface area contributed by atoms with Crippen LogP contribution in [0.1, 0.15) is 34.6 Å². The fraction of sp³-hybridized carbons (Fsp3) is 0.900. The van der Waals surface area contributed by atoms with Crippen LogP contribution in [0.4, 0.5) is 0 Å². The molecule has 0 N–H and O–H groups in total. The molecule has 1 unspecified atom stereocenters. The molecule has 0 aromatic carbocycles. The summed E-state index contributed by atoms with van der Waals surface area (Å²) in [6, 6.07) is 0. The number of hydrogen-bond donors (Lipinski definition) is 0. The van der Waals surface area contributed by atoms with Gasteiger partial charge in [0.2, 0.25) is 5.91 Å². The summed E-state index contributed by atoms with van der Waals surface area (Å²) in [6.07, 6.45) is 0. The van der Waals surface area contributed by atoms with Gasteiger partial charge in [-0.05, 0) is 18.8 Å². The molecule has 12 heavy (non-hydrogen) atoms. The van der Waals surface area contributed by atoms with Crippen molar-refractivity contribution in [1.82, 2.24) is 4.90 Å². The molecule has 1 amide bonds. The first-order chi connectivity index (χ1) is 5.49. The number of amides is 1. The molecule has 0 fully saturated rings. The van der Waals surface area contributed by atoms with Gasteiger partial charge in [-0.1, -0.05) is 20.8 Å². The molecule has 0 radical (unpaired) electrons. The predicted molar refractivity (Wildman–Crippen MR) is 51.9 cm³/mol. The highest BCUT2D eigenvalue weighted by Gasteiger charge is 2.13. The molecule has 0 spiro atoms. The van der Waals surface area contributed by atoms with Gasteiger partial charge in [-0.25, -0.2) is 0 Å².